The van der Waals surface area contributed by atoms with Crippen molar-refractivity contribution in [3.63, 3.8) is 0 Å². The summed E-state index contributed by atoms with van der Waals surface area (Å²) in [6, 6.07) is 0. The molecule has 0 spiro atoms. The van der Waals surface area contributed by atoms with Gasteiger partial charge in [-0.15, -0.1) is 21.5 Å². The van der Waals surface area contributed by atoms with Gasteiger partial charge in [-0.3, -0.25) is 0 Å². The number of hydrogen-bond acceptors (Lipinski definition) is 5. The molecule has 2 N–H and O–H groups in total. The Morgan fingerprint density at radius 2 is 2.08 bits per heavy atom. The highest BCUT2D eigenvalue weighted by Crippen LogP contribution is 2.17. The van der Waals surface area contributed by atoms with Crippen molar-refractivity contribution in [3.8, 4) is 0 Å². The Labute approximate surface area is 159 Å². The summed E-state index contributed by atoms with van der Waals surface area (Å²) in [7, 11) is 0. The first-order valence-corrected chi connectivity index (χ1v) is 10.3. The van der Waals surface area contributed by atoms with Crippen molar-refractivity contribution in [1.29, 1.82) is 0 Å². The summed E-state index contributed by atoms with van der Waals surface area (Å²) < 4.78 is 2.31. The number of aryl methyl sites for hydroxylation is 3. The second kappa shape index (κ2) is 9.12. The van der Waals surface area contributed by atoms with Crippen LogP contribution in [0.1, 0.15) is 53.4 Å². The molecule has 3 heterocycles. The van der Waals surface area contributed by atoms with Gasteiger partial charge in [-0.25, -0.2) is 9.98 Å². The van der Waals surface area contributed by atoms with E-state index >= 15 is 0 Å². The van der Waals surface area contributed by atoms with Crippen LogP contribution in [0.2, 0.25) is 0 Å². The van der Waals surface area contributed by atoms with Gasteiger partial charge >= 0.3 is 0 Å². The number of guanidine groups is 1. The lowest BCUT2D eigenvalue weighted by molar-refractivity contribution is 0.600. The van der Waals surface area contributed by atoms with E-state index in [1.807, 2.05) is 6.92 Å². The fraction of sp³-hybridized carbons (Fsp3) is 0.667. The first-order chi connectivity index (χ1) is 12.7. The Morgan fingerprint density at radius 1 is 1.19 bits per heavy atom. The minimum Gasteiger partial charge on any atom is -0.357 e. The molecule has 0 unspecified atom stereocenters. The molecular weight excluding hydrogens is 346 g/mol. The van der Waals surface area contributed by atoms with Crippen LogP contribution in [-0.4, -0.2) is 38.8 Å². The predicted molar refractivity (Wildman–Crippen MR) is 106 cm³/mol. The van der Waals surface area contributed by atoms with Gasteiger partial charge < -0.3 is 15.2 Å². The average molecular weight is 376 g/mol. The Hall–Kier alpha value is -1.96. The van der Waals surface area contributed by atoms with Crippen LogP contribution in [0.25, 0.3) is 0 Å². The second-order valence-electron chi connectivity index (χ2n) is 6.62. The summed E-state index contributed by atoms with van der Waals surface area (Å²) in [6.45, 7) is 9.51. The molecule has 26 heavy (non-hydrogen) atoms. The Bertz CT molecular complexity index is 727. The van der Waals surface area contributed by atoms with Crippen molar-refractivity contribution in [1.82, 2.24) is 30.4 Å². The van der Waals surface area contributed by atoms with Crippen molar-refractivity contribution < 1.29 is 0 Å². The minimum atomic E-state index is 0.606. The summed E-state index contributed by atoms with van der Waals surface area (Å²) in [5.41, 5.74) is 1.10. The third-order valence-corrected chi connectivity index (χ3v) is 5.67. The van der Waals surface area contributed by atoms with Crippen molar-refractivity contribution in [3.05, 3.63) is 27.2 Å². The molecule has 7 nitrogen and oxygen atoms in total. The number of fused-ring (bicyclic) bond motifs is 1. The predicted octanol–water partition coefficient (Wildman–Crippen LogP) is 2.38. The van der Waals surface area contributed by atoms with Crippen LogP contribution in [0.3, 0.4) is 0 Å². The largest absolute Gasteiger partial charge is 0.357 e. The summed E-state index contributed by atoms with van der Waals surface area (Å²) in [5.74, 6) is 3.05. The number of nitrogens with one attached hydrogen (secondary N) is 2. The van der Waals surface area contributed by atoms with Crippen LogP contribution in [-0.2, 0) is 25.9 Å². The van der Waals surface area contributed by atoms with Gasteiger partial charge in [0.05, 0.1) is 12.2 Å². The second-order valence-corrected chi connectivity index (χ2v) is 7.90. The average Bonchev–Trinajstić information content (AvgIpc) is 3.06. The Kier molecular flexibility index (Phi) is 6.60. The molecule has 0 aromatic carbocycles. The van der Waals surface area contributed by atoms with E-state index in [1.54, 1.807) is 11.3 Å². The summed E-state index contributed by atoms with van der Waals surface area (Å²) in [4.78, 5) is 10.5. The molecule has 0 saturated heterocycles. The fourth-order valence-corrected chi connectivity index (χ4v) is 3.98. The maximum absolute atomic E-state index is 4.66. The van der Waals surface area contributed by atoms with Crippen LogP contribution in [0, 0.1) is 13.8 Å². The lowest BCUT2D eigenvalue weighted by atomic mass is 10.2. The highest BCUT2D eigenvalue weighted by Gasteiger charge is 2.14. The van der Waals surface area contributed by atoms with Crippen LogP contribution in [0.5, 0.6) is 0 Å². The zero-order chi connectivity index (χ0) is 18.4. The van der Waals surface area contributed by atoms with E-state index in [-0.39, 0.29) is 0 Å². The van der Waals surface area contributed by atoms with Gasteiger partial charge in [0.15, 0.2) is 5.96 Å². The van der Waals surface area contributed by atoms with Crippen LogP contribution in [0.4, 0.5) is 0 Å². The molecule has 0 fully saturated rings. The van der Waals surface area contributed by atoms with Gasteiger partial charge in [-0.1, -0.05) is 6.42 Å². The molecule has 0 amide bonds. The van der Waals surface area contributed by atoms with Gasteiger partial charge in [0.1, 0.15) is 16.7 Å². The van der Waals surface area contributed by atoms with Crippen LogP contribution < -0.4 is 10.6 Å². The van der Waals surface area contributed by atoms with E-state index < -0.39 is 0 Å². The van der Waals surface area contributed by atoms with E-state index in [2.05, 4.69) is 49.2 Å². The summed E-state index contributed by atoms with van der Waals surface area (Å²) >= 11 is 1.72. The molecule has 0 atom stereocenters. The zero-order valence-electron chi connectivity index (χ0n) is 16.0. The maximum atomic E-state index is 4.66. The van der Waals surface area contributed by atoms with E-state index in [9.17, 15) is 0 Å². The molecule has 2 aromatic heterocycles. The highest BCUT2D eigenvalue weighted by molar-refractivity contribution is 7.11. The molecular formula is C18H29N7S. The van der Waals surface area contributed by atoms with E-state index in [4.69, 9.17) is 0 Å². The third-order valence-electron chi connectivity index (χ3n) is 4.62. The van der Waals surface area contributed by atoms with Gasteiger partial charge in [-0.2, -0.15) is 0 Å². The molecule has 0 radical (unpaired) electrons. The number of aliphatic imine (C=N–C) groups is 1. The summed E-state index contributed by atoms with van der Waals surface area (Å²) in [6.07, 6.45) is 5.64. The molecule has 3 rings (SSSR count). The number of thiazole rings is 1. The number of aromatic nitrogens is 4. The van der Waals surface area contributed by atoms with Crippen molar-refractivity contribution >= 4 is 17.3 Å². The van der Waals surface area contributed by atoms with Crippen LogP contribution in [0.15, 0.2) is 4.99 Å². The van der Waals surface area contributed by atoms with Gasteiger partial charge in [0.2, 0.25) is 0 Å². The first-order valence-electron chi connectivity index (χ1n) is 9.53. The van der Waals surface area contributed by atoms with E-state index in [0.29, 0.717) is 6.54 Å². The Morgan fingerprint density at radius 3 is 2.85 bits per heavy atom. The van der Waals surface area contributed by atoms with Crippen molar-refractivity contribution in [2.45, 2.75) is 66.0 Å². The number of hydrogen-bond donors (Lipinski definition) is 2. The van der Waals surface area contributed by atoms with Crippen molar-refractivity contribution in [2.24, 2.45) is 4.99 Å². The van der Waals surface area contributed by atoms with Gasteiger partial charge in [-0.05, 0) is 33.6 Å². The standard InChI is InChI=1S/C18H29N7S/c1-4-19-18(21-12-17-22-13(2)14(3)26-17)20-10-9-16-24-23-15-8-6-5-7-11-25(15)16/h4-12H2,1-3H3,(H2,19,20,21). The normalized spacial score (nSPS) is 14.8. The van der Waals surface area contributed by atoms with E-state index in [0.717, 1.165) is 60.8 Å². The lowest BCUT2D eigenvalue weighted by Gasteiger charge is -2.11. The monoisotopic (exact) mass is 375 g/mol. The molecule has 8 heteroatoms. The molecule has 0 bridgehead atoms. The fourth-order valence-electron chi connectivity index (χ4n) is 3.12. The van der Waals surface area contributed by atoms with E-state index in [1.165, 1.54) is 24.1 Å². The lowest BCUT2D eigenvalue weighted by Crippen LogP contribution is -2.38. The quantitative estimate of drug-likeness (QED) is 0.598. The van der Waals surface area contributed by atoms with Gasteiger partial charge in [0.25, 0.3) is 0 Å². The SMILES string of the molecule is CCNC(=NCc1nc(C)c(C)s1)NCCc1nnc2n1CCCCC2. The maximum Gasteiger partial charge on any atom is 0.191 e. The number of nitrogens with zero attached hydrogens (tertiary/aromatic N) is 5. The zero-order valence-corrected chi connectivity index (χ0v) is 16.8. The first kappa shape index (κ1) is 18.8. The molecule has 0 saturated carbocycles. The molecule has 0 aliphatic carbocycles. The molecule has 142 valence electrons. The summed E-state index contributed by atoms with van der Waals surface area (Å²) in [5, 5.41) is 16.5. The number of rotatable bonds is 6. The minimum absolute atomic E-state index is 0.606. The smallest absolute Gasteiger partial charge is 0.191 e. The molecule has 1 aliphatic heterocycles. The highest BCUT2D eigenvalue weighted by atomic mass is 32.1. The molecule has 1 aliphatic rings. The third kappa shape index (κ3) is 4.81. The van der Waals surface area contributed by atoms with Crippen molar-refractivity contribution in [2.75, 3.05) is 13.1 Å². The molecule has 2 aromatic rings. The topological polar surface area (TPSA) is 80.0 Å². The Balaban J connectivity index is 1.55. The van der Waals surface area contributed by atoms with Gasteiger partial charge in [0, 0.05) is 37.4 Å². The van der Waals surface area contributed by atoms with Crippen LogP contribution >= 0.6 is 11.3 Å².